The molecule has 2 aromatic rings. The lowest BCUT2D eigenvalue weighted by Gasteiger charge is -2.28. The molecule has 27 heavy (non-hydrogen) atoms. The van der Waals surface area contributed by atoms with Gasteiger partial charge in [-0.05, 0) is 55.4 Å². The molecule has 0 spiro atoms. The monoisotopic (exact) mass is 402 g/mol. The fourth-order valence-electron chi connectivity index (χ4n) is 2.92. The standard InChI is InChI=1S/C22H24F3N.ClH/c1-16(20-13-5-10-18-9-2-3-12-21(18)20)26-14-6-8-17-7-4-11-19(15-17)22(23,24)25;/h2-5,7,9-12,15-16,20,26H,6,8,13-14H2,1H3;1H/t16-,20?;/m1./s1/i1D3,5D,10D,16D,20D;. The second-order valence-electron chi connectivity index (χ2n) is 6.11. The van der Waals surface area contributed by atoms with E-state index in [2.05, 4.69) is 5.32 Å². The Hall–Kier alpha value is -1.78. The minimum Gasteiger partial charge on any atom is -0.314 e. The minimum atomic E-state index is -4.46. The number of benzene rings is 2. The molecule has 2 aromatic carbocycles. The largest absolute Gasteiger partial charge is 0.416 e. The third kappa shape index (κ3) is 5.60. The predicted molar refractivity (Wildman–Crippen MR) is 107 cm³/mol. The van der Waals surface area contributed by atoms with Crippen molar-refractivity contribution in [2.75, 3.05) is 6.54 Å². The summed E-state index contributed by atoms with van der Waals surface area (Å²) in [7, 11) is 0. The average Bonchev–Trinajstić information content (AvgIpc) is 2.74. The Morgan fingerprint density at radius 3 is 2.89 bits per heavy atom. The second-order valence-corrected chi connectivity index (χ2v) is 6.11. The summed E-state index contributed by atoms with van der Waals surface area (Å²) in [4.78, 5) is 0. The highest BCUT2D eigenvalue weighted by atomic mass is 35.5. The van der Waals surface area contributed by atoms with Crippen molar-refractivity contribution in [2.24, 2.45) is 0 Å². The molecule has 0 amide bonds. The molecule has 1 nitrogen and oxygen atoms in total. The molecule has 1 unspecified atom stereocenters. The highest BCUT2D eigenvalue weighted by molar-refractivity contribution is 5.85. The molecule has 1 aliphatic carbocycles. The first-order valence-corrected chi connectivity index (χ1v) is 8.38. The number of nitrogens with one attached hydrogen (secondary N) is 1. The van der Waals surface area contributed by atoms with Crippen molar-refractivity contribution in [1.29, 1.82) is 0 Å². The van der Waals surface area contributed by atoms with E-state index in [1.54, 1.807) is 18.2 Å². The summed E-state index contributed by atoms with van der Waals surface area (Å²) in [6.07, 6.45) is -4.43. The van der Waals surface area contributed by atoms with Gasteiger partial charge in [0.05, 0.1) is 8.30 Å². The first kappa shape index (κ1) is 13.4. The molecular formula is C22H25ClF3N. The molecule has 1 N–H and O–H groups in total. The molecule has 0 saturated heterocycles. The summed E-state index contributed by atoms with van der Waals surface area (Å²) >= 11 is 0. The summed E-state index contributed by atoms with van der Waals surface area (Å²) < 4.78 is 97.0. The van der Waals surface area contributed by atoms with Crippen LogP contribution in [0, 0.1) is 0 Å². The van der Waals surface area contributed by atoms with Gasteiger partial charge < -0.3 is 5.32 Å². The third-order valence-electron chi connectivity index (χ3n) is 4.24. The maximum atomic E-state index is 12.9. The minimum absolute atomic E-state index is 0. The Labute approximate surface area is 174 Å². The van der Waals surface area contributed by atoms with Crippen LogP contribution in [0.5, 0.6) is 0 Å². The van der Waals surface area contributed by atoms with Gasteiger partial charge in [-0.25, -0.2) is 0 Å². The Kier molecular flexibility index (Phi) is 4.68. The first-order chi connectivity index (χ1) is 15.2. The number of aryl methyl sites for hydroxylation is 1. The van der Waals surface area contributed by atoms with Crippen molar-refractivity contribution in [3.05, 3.63) is 76.8 Å². The fourth-order valence-corrected chi connectivity index (χ4v) is 2.92. The van der Waals surface area contributed by atoms with E-state index in [0.717, 1.165) is 12.1 Å². The molecule has 146 valence electrons. The van der Waals surface area contributed by atoms with Crippen LogP contribution in [0.2, 0.25) is 0 Å². The van der Waals surface area contributed by atoms with Crippen LogP contribution in [0.15, 0.2) is 54.6 Å². The lowest BCUT2D eigenvalue weighted by molar-refractivity contribution is -0.137. The maximum Gasteiger partial charge on any atom is 0.416 e. The molecule has 2 atom stereocenters. The third-order valence-corrected chi connectivity index (χ3v) is 4.24. The molecular weight excluding hydrogens is 371 g/mol. The molecule has 0 heterocycles. The van der Waals surface area contributed by atoms with E-state index >= 15 is 0 Å². The van der Waals surface area contributed by atoms with Gasteiger partial charge in [0.15, 0.2) is 0 Å². The van der Waals surface area contributed by atoms with Crippen LogP contribution in [0.1, 0.15) is 57.4 Å². The van der Waals surface area contributed by atoms with Gasteiger partial charge in [-0.3, -0.25) is 0 Å². The highest BCUT2D eigenvalue weighted by Crippen LogP contribution is 2.32. The van der Waals surface area contributed by atoms with E-state index in [9.17, 15) is 13.2 Å². The van der Waals surface area contributed by atoms with Gasteiger partial charge in [0.1, 0.15) is 0 Å². The van der Waals surface area contributed by atoms with Crippen LogP contribution < -0.4 is 5.32 Å². The Morgan fingerprint density at radius 1 is 1.30 bits per heavy atom. The van der Waals surface area contributed by atoms with Gasteiger partial charge in [0.2, 0.25) is 0 Å². The van der Waals surface area contributed by atoms with Crippen LogP contribution >= 0.6 is 12.4 Å². The number of halogens is 4. The van der Waals surface area contributed by atoms with E-state index in [4.69, 9.17) is 9.60 Å². The van der Waals surface area contributed by atoms with Crippen molar-refractivity contribution in [3.8, 4) is 0 Å². The van der Waals surface area contributed by atoms with Crippen molar-refractivity contribution >= 4 is 18.5 Å². The molecule has 5 heteroatoms. The van der Waals surface area contributed by atoms with Crippen molar-refractivity contribution in [3.63, 3.8) is 0 Å². The van der Waals surface area contributed by atoms with Crippen LogP contribution in [0.4, 0.5) is 13.2 Å². The quantitative estimate of drug-likeness (QED) is 0.564. The van der Waals surface area contributed by atoms with Gasteiger partial charge in [0.25, 0.3) is 0 Å². The van der Waals surface area contributed by atoms with Crippen LogP contribution in [-0.2, 0) is 12.6 Å². The molecule has 0 radical (unpaired) electrons. The highest BCUT2D eigenvalue weighted by Gasteiger charge is 2.30. The average molecular weight is 403 g/mol. The number of rotatable bonds is 6. The number of fused-ring (bicyclic) bond motifs is 1. The van der Waals surface area contributed by atoms with Gasteiger partial charge in [-0.15, -0.1) is 12.4 Å². The number of hydrogen-bond acceptors (Lipinski definition) is 1. The molecule has 0 aromatic heterocycles. The lowest BCUT2D eigenvalue weighted by atomic mass is 9.83. The SMILES string of the molecule is Cl.[2H]C1=C([2H])c2ccccc2C([2H])([C@]([2H])(NCCCc2cccc(C(F)(F)F)c2)C([2H])([2H])[2H])C1. The normalized spacial score (nSPS) is 26.0. The summed E-state index contributed by atoms with van der Waals surface area (Å²) in [5, 5.41) is 2.66. The number of alkyl halides is 3. The summed E-state index contributed by atoms with van der Waals surface area (Å²) in [6.45, 7) is -3.00. The Morgan fingerprint density at radius 2 is 2.11 bits per heavy atom. The zero-order valence-electron chi connectivity index (χ0n) is 21.5. The lowest BCUT2D eigenvalue weighted by Crippen LogP contribution is -2.33. The molecule has 0 saturated carbocycles. The fraction of sp³-hybridized carbons (Fsp3) is 0.364. The maximum absolute atomic E-state index is 12.9. The van der Waals surface area contributed by atoms with E-state index in [1.165, 1.54) is 18.2 Å². The molecule has 0 fully saturated rings. The van der Waals surface area contributed by atoms with Crippen molar-refractivity contribution < 1.29 is 22.8 Å². The first-order valence-electron chi connectivity index (χ1n) is 11.9. The van der Waals surface area contributed by atoms with Crippen molar-refractivity contribution in [2.45, 2.75) is 44.2 Å². The van der Waals surface area contributed by atoms with Crippen LogP contribution in [0.3, 0.4) is 0 Å². The van der Waals surface area contributed by atoms with E-state index in [1.807, 2.05) is 0 Å². The van der Waals surface area contributed by atoms with E-state index in [-0.39, 0.29) is 55.0 Å². The predicted octanol–water partition coefficient (Wildman–Crippen LogP) is 6.24. The van der Waals surface area contributed by atoms with Gasteiger partial charge in [-0.1, -0.05) is 54.6 Å². The molecule has 1 aliphatic rings. The van der Waals surface area contributed by atoms with Gasteiger partial charge in [0, 0.05) is 18.8 Å². The van der Waals surface area contributed by atoms with Crippen LogP contribution in [0.25, 0.3) is 6.05 Å². The number of hydrogen-bond donors (Lipinski definition) is 1. The molecule has 0 aliphatic heterocycles. The smallest absolute Gasteiger partial charge is 0.314 e. The van der Waals surface area contributed by atoms with Gasteiger partial charge in [-0.2, -0.15) is 13.2 Å². The second kappa shape index (κ2) is 9.43. The van der Waals surface area contributed by atoms with E-state index < -0.39 is 36.9 Å². The van der Waals surface area contributed by atoms with Crippen molar-refractivity contribution in [1.82, 2.24) is 5.32 Å². The summed E-state index contributed by atoms with van der Waals surface area (Å²) in [5.74, 6) is -2.08. The van der Waals surface area contributed by atoms with Crippen LogP contribution in [-0.4, -0.2) is 12.6 Å². The molecule has 0 bridgehead atoms. The Bertz CT molecular complexity index is 1060. The van der Waals surface area contributed by atoms with E-state index in [0.29, 0.717) is 5.56 Å². The number of allylic oxidation sites excluding steroid dienone is 1. The van der Waals surface area contributed by atoms with Gasteiger partial charge >= 0.3 is 6.18 Å². The topological polar surface area (TPSA) is 12.0 Å². The molecule has 3 rings (SSSR count). The summed E-state index contributed by atoms with van der Waals surface area (Å²) in [6, 6.07) is 8.26. The zero-order chi connectivity index (χ0) is 24.7. The summed E-state index contributed by atoms with van der Waals surface area (Å²) in [5.41, 5.74) is 0.0861. The Balaban J connectivity index is 0.00000408. The zero-order valence-corrected chi connectivity index (χ0v) is 15.3.